The van der Waals surface area contributed by atoms with Crippen LogP contribution in [0.1, 0.15) is 32.3 Å². The van der Waals surface area contributed by atoms with E-state index in [2.05, 4.69) is 0 Å². The van der Waals surface area contributed by atoms with E-state index in [9.17, 15) is 4.79 Å². The topological polar surface area (TPSA) is 48.0 Å². The van der Waals surface area contributed by atoms with E-state index < -0.39 is 0 Å². The number of hydrogen-bond donors (Lipinski definition) is 0. The minimum Gasteiger partial charge on any atom is -0.497 e. The fourth-order valence-electron chi connectivity index (χ4n) is 3.02. The van der Waals surface area contributed by atoms with E-state index in [0.29, 0.717) is 13.1 Å². The van der Waals surface area contributed by atoms with Crippen molar-refractivity contribution < 1.29 is 19.0 Å². The van der Waals surface area contributed by atoms with E-state index in [1.165, 1.54) is 0 Å². The van der Waals surface area contributed by atoms with Crippen LogP contribution in [0.5, 0.6) is 11.5 Å². The lowest BCUT2D eigenvalue weighted by molar-refractivity contribution is -0.144. The zero-order chi connectivity index (χ0) is 16.8. The third-order valence-corrected chi connectivity index (χ3v) is 4.47. The minimum absolute atomic E-state index is 0.0111. The first-order chi connectivity index (χ1) is 11.1. The normalized spacial score (nSPS) is 20.9. The molecule has 5 nitrogen and oxygen atoms in total. The van der Waals surface area contributed by atoms with Crippen LogP contribution in [0.15, 0.2) is 18.2 Å². The molecule has 1 fully saturated rings. The Morgan fingerprint density at radius 3 is 2.74 bits per heavy atom. The highest BCUT2D eigenvalue weighted by Crippen LogP contribution is 2.28. The summed E-state index contributed by atoms with van der Waals surface area (Å²) in [4.78, 5) is 14.7. The Morgan fingerprint density at radius 2 is 2.13 bits per heavy atom. The highest BCUT2D eigenvalue weighted by Gasteiger charge is 2.31. The van der Waals surface area contributed by atoms with E-state index in [-0.39, 0.29) is 17.9 Å². The molecule has 1 aromatic rings. The van der Waals surface area contributed by atoms with Crippen molar-refractivity contribution in [3.63, 3.8) is 0 Å². The average molecular weight is 321 g/mol. The maximum absolute atomic E-state index is 12.8. The number of benzene rings is 1. The zero-order valence-corrected chi connectivity index (χ0v) is 14.5. The van der Waals surface area contributed by atoms with Crippen molar-refractivity contribution in [1.29, 1.82) is 0 Å². The molecule has 5 heteroatoms. The van der Waals surface area contributed by atoms with Crippen molar-refractivity contribution in [1.82, 2.24) is 4.90 Å². The van der Waals surface area contributed by atoms with Crippen LogP contribution in [0.3, 0.4) is 0 Å². The lowest BCUT2D eigenvalue weighted by atomic mass is 9.93. The Morgan fingerprint density at radius 1 is 1.35 bits per heavy atom. The van der Waals surface area contributed by atoms with Crippen molar-refractivity contribution in [3.05, 3.63) is 23.8 Å². The molecule has 1 aliphatic heterocycles. The number of methoxy groups -OCH3 is 2. The number of amides is 1. The number of rotatable bonds is 6. The van der Waals surface area contributed by atoms with Gasteiger partial charge < -0.3 is 19.1 Å². The van der Waals surface area contributed by atoms with Gasteiger partial charge in [0.1, 0.15) is 11.5 Å². The lowest BCUT2D eigenvalue weighted by Gasteiger charge is -2.33. The molecule has 0 saturated carbocycles. The molecule has 1 aromatic carbocycles. The number of carbonyl (C=O) groups is 1. The molecule has 1 amide bonds. The molecule has 0 aromatic heterocycles. The van der Waals surface area contributed by atoms with Gasteiger partial charge in [-0.2, -0.15) is 0 Å². The second-order valence-electron chi connectivity index (χ2n) is 5.85. The van der Waals surface area contributed by atoms with Crippen LogP contribution in [0.2, 0.25) is 0 Å². The molecule has 0 aliphatic carbocycles. The van der Waals surface area contributed by atoms with Gasteiger partial charge in [0.2, 0.25) is 5.91 Å². The summed E-state index contributed by atoms with van der Waals surface area (Å²) in [6.45, 7) is 5.94. The monoisotopic (exact) mass is 321 g/mol. The number of hydrogen-bond acceptors (Lipinski definition) is 4. The molecule has 0 spiro atoms. The number of nitrogens with zero attached hydrogens (tertiary/aromatic N) is 1. The molecule has 0 N–H and O–H groups in total. The average Bonchev–Trinajstić information content (AvgIpc) is 2.59. The Balaban J connectivity index is 2.14. The molecule has 1 heterocycles. The van der Waals surface area contributed by atoms with E-state index >= 15 is 0 Å². The van der Waals surface area contributed by atoms with Gasteiger partial charge in [-0.3, -0.25) is 4.79 Å². The summed E-state index contributed by atoms with van der Waals surface area (Å²) in [5, 5.41) is 0. The van der Waals surface area contributed by atoms with Gasteiger partial charge in [0.25, 0.3) is 0 Å². The van der Waals surface area contributed by atoms with Gasteiger partial charge in [-0.25, -0.2) is 0 Å². The fourth-order valence-corrected chi connectivity index (χ4v) is 3.02. The van der Waals surface area contributed by atoms with Gasteiger partial charge >= 0.3 is 0 Å². The maximum atomic E-state index is 12.8. The fraction of sp³-hybridized carbons (Fsp3) is 0.611. The molecule has 2 rings (SSSR count). The molecular weight excluding hydrogens is 294 g/mol. The van der Waals surface area contributed by atoms with E-state index in [1.807, 2.05) is 36.9 Å². The van der Waals surface area contributed by atoms with Gasteiger partial charge in [-0.05, 0) is 38.8 Å². The minimum atomic E-state index is -0.0482. The quantitative estimate of drug-likeness (QED) is 0.808. The Labute approximate surface area is 138 Å². The van der Waals surface area contributed by atoms with E-state index in [0.717, 1.165) is 36.5 Å². The van der Waals surface area contributed by atoms with Gasteiger partial charge in [-0.1, -0.05) is 0 Å². The molecule has 0 unspecified atom stereocenters. The van der Waals surface area contributed by atoms with Crippen LogP contribution in [0.25, 0.3) is 0 Å². The van der Waals surface area contributed by atoms with E-state index in [4.69, 9.17) is 14.2 Å². The maximum Gasteiger partial charge on any atom is 0.228 e. The molecule has 23 heavy (non-hydrogen) atoms. The van der Waals surface area contributed by atoms with Gasteiger partial charge in [-0.15, -0.1) is 0 Å². The van der Waals surface area contributed by atoms with Crippen LogP contribution < -0.4 is 9.47 Å². The Bertz CT molecular complexity index is 532. The first-order valence-electron chi connectivity index (χ1n) is 8.22. The van der Waals surface area contributed by atoms with Crippen LogP contribution in [0, 0.1) is 5.92 Å². The van der Waals surface area contributed by atoms with Crippen LogP contribution in [0.4, 0.5) is 0 Å². The van der Waals surface area contributed by atoms with Crippen LogP contribution in [-0.2, 0) is 16.1 Å². The van der Waals surface area contributed by atoms with Crippen molar-refractivity contribution in [3.8, 4) is 11.5 Å². The third kappa shape index (κ3) is 4.16. The summed E-state index contributed by atoms with van der Waals surface area (Å²) in [5.74, 6) is 1.60. The van der Waals surface area contributed by atoms with Gasteiger partial charge in [0, 0.05) is 31.3 Å². The first-order valence-corrected chi connectivity index (χ1v) is 8.22. The highest BCUT2D eigenvalue weighted by molar-refractivity contribution is 5.79. The predicted octanol–water partition coefficient (Wildman–Crippen LogP) is 2.87. The van der Waals surface area contributed by atoms with Crippen molar-refractivity contribution in [2.75, 3.05) is 27.4 Å². The summed E-state index contributed by atoms with van der Waals surface area (Å²) in [6.07, 6.45) is 1.84. The third-order valence-electron chi connectivity index (χ3n) is 4.47. The Hall–Kier alpha value is -1.75. The highest BCUT2D eigenvalue weighted by atomic mass is 16.5. The smallest absolute Gasteiger partial charge is 0.228 e. The summed E-state index contributed by atoms with van der Waals surface area (Å²) in [7, 11) is 3.26. The number of carbonyl (C=O) groups excluding carboxylic acids is 1. The SMILES string of the molecule is CCN(Cc1ccc(OC)cc1OC)C(=O)[C@H]1CCCO[C@H]1C. The standard InChI is InChI=1S/C18H27NO4/c1-5-19(18(20)16-7-6-10-23-13(16)2)12-14-8-9-15(21-3)11-17(14)22-4/h8-9,11,13,16H,5-7,10,12H2,1-4H3/t13-,16-/m0/s1. The second kappa shape index (κ2) is 8.20. The molecule has 2 atom stereocenters. The van der Waals surface area contributed by atoms with E-state index in [1.54, 1.807) is 14.2 Å². The summed E-state index contributed by atoms with van der Waals surface area (Å²) in [5.41, 5.74) is 0.980. The molecule has 128 valence electrons. The Kier molecular flexibility index (Phi) is 6.28. The zero-order valence-electron chi connectivity index (χ0n) is 14.5. The molecular formula is C18H27NO4. The number of ether oxygens (including phenoxy) is 3. The van der Waals surface area contributed by atoms with Crippen LogP contribution in [-0.4, -0.2) is 44.3 Å². The van der Waals surface area contributed by atoms with Crippen molar-refractivity contribution in [2.24, 2.45) is 5.92 Å². The summed E-state index contributed by atoms with van der Waals surface area (Å²) < 4.78 is 16.3. The molecule has 1 aliphatic rings. The predicted molar refractivity (Wildman–Crippen MR) is 88.8 cm³/mol. The second-order valence-corrected chi connectivity index (χ2v) is 5.85. The lowest BCUT2D eigenvalue weighted by Crippen LogP contribution is -2.42. The van der Waals surface area contributed by atoms with Gasteiger partial charge in [0.15, 0.2) is 0 Å². The van der Waals surface area contributed by atoms with Crippen molar-refractivity contribution >= 4 is 5.91 Å². The summed E-state index contributed by atoms with van der Waals surface area (Å²) >= 11 is 0. The van der Waals surface area contributed by atoms with Gasteiger partial charge in [0.05, 0.1) is 26.2 Å². The largest absolute Gasteiger partial charge is 0.497 e. The molecule has 1 saturated heterocycles. The van der Waals surface area contributed by atoms with Crippen LogP contribution >= 0.6 is 0 Å². The summed E-state index contributed by atoms with van der Waals surface area (Å²) in [6, 6.07) is 5.69. The molecule has 0 bridgehead atoms. The van der Waals surface area contributed by atoms with Crippen molar-refractivity contribution in [2.45, 2.75) is 39.3 Å². The molecule has 0 radical (unpaired) electrons. The first kappa shape index (κ1) is 17.6.